The van der Waals surface area contributed by atoms with E-state index in [9.17, 15) is 29.4 Å². The van der Waals surface area contributed by atoms with Gasteiger partial charge in [-0.15, -0.1) is 0 Å². The Balaban J connectivity index is 1.65. The lowest BCUT2D eigenvalue weighted by Gasteiger charge is -2.65. The van der Waals surface area contributed by atoms with E-state index < -0.39 is 58.6 Å². The second-order valence-corrected chi connectivity index (χ2v) is 11.7. The van der Waals surface area contributed by atoms with Crippen LogP contribution in [0.2, 0.25) is 0 Å². The van der Waals surface area contributed by atoms with Gasteiger partial charge < -0.3 is 24.4 Å². The van der Waals surface area contributed by atoms with E-state index in [-0.39, 0.29) is 30.6 Å². The molecule has 9 nitrogen and oxygen atoms in total. The van der Waals surface area contributed by atoms with Crippen LogP contribution in [0.1, 0.15) is 79.1 Å². The molecule has 0 bridgehead atoms. The second-order valence-electron chi connectivity index (χ2n) is 11.7. The molecule has 4 aliphatic carbocycles. The van der Waals surface area contributed by atoms with E-state index in [1.807, 2.05) is 13.8 Å². The fourth-order valence-corrected chi connectivity index (χ4v) is 8.55. The van der Waals surface area contributed by atoms with E-state index in [0.29, 0.717) is 45.0 Å². The Hall–Kier alpha value is -2.00. The van der Waals surface area contributed by atoms with Crippen LogP contribution in [-0.2, 0) is 33.4 Å². The number of carbonyl (C=O) groups excluding carboxylic acids is 4. The Labute approximate surface area is 205 Å². The van der Waals surface area contributed by atoms with E-state index in [0.717, 1.165) is 0 Å². The van der Waals surface area contributed by atoms with E-state index in [4.69, 9.17) is 14.2 Å². The molecule has 196 valence electrons. The summed E-state index contributed by atoms with van der Waals surface area (Å²) < 4.78 is 15.9. The maximum Gasteiger partial charge on any atom is 0.303 e. The van der Waals surface area contributed by atoms with Crippen LogP contribution in [0.5, 0.6) is 0 Å². The third-order valence-corrected chi connectivity index (χ3v) is 10.4. The molecule has 0 aromatic carbocycles. The Kier molecular flexibility index (Phi) is 6.58. The van der Waals surface area contributed by atoms with E-state index in [2.05, 4.69) is 0 Å². The molecule has 9 heteroatoms. The van der Waals surface area contributed by atoms with Crippen molar-refractivity contribution in [2.75, 3.05) is 6.61 Å². The average molecular weight is 495 g/mol. The minimum Gasteiger partial charge on any atom is -0.462 e. The molecule has 0 unspecified atom stereocenters. The lowest BCUT2D eigenvalue weighted by Crippen LogP contribution is -2.70. The molecule has 0 radical (unpaired) electrons. The predicted octanol–water partition coefficient (Wildman–Crippen LogP) is 2.09. The van der Waals surface area contributed by atoms with Gasteiger partial charge in [0.15, 0.2) is 6.61 Å². The summed E-state index contributed by atoms with van der Waals surface area (Å²) in [4.78, 5) is 47.4. The number of Topliss-reactive ketones (excluding diaryl/α,β-unsaturated/α-hetero) is 1. The van der Waals surface area contributed by atoms with Crippen LogP contribution in [0.25, 0.3) is 0 Å². The molecule has 4 aliphatic rings. The van der Waals surface area contributed by atoms with Crippen molar-refractivity contribution in [2.45, 2.75) is 102 Å². The number of ketones is 1. The predicted molar refractivity (Wildman–Crippen MR) is 122 cm³/mol. The van der Waals surface area contributed by atoms with Gasteiger partial charge in [0.2, 0.25) is 5.78 Å². The van der Waals surface area contributed by atoms with Crippen LogP contribution in [-0.4, -0.2) is 64.4 Å². The molecule has 4 rings (SSSR count). The Morgan fingerprint density at radius 1 is 0.943 bits per heavy atom. The van der Waals surface area contributed by atoms with Gasteiger partial charge in [-0.3, -0.25) is 19.2 Å². The van der Waals surface area contributed by atoms with Gasteiger partial charge in [-0.25, -0.2) is 0 Å². The second kappa shape index (κ2) is 8.83. The van der Waals surface area contributed by atoms with Gasteiger partial charge in [0.05, 0.1) is 0 Å². The summed E-state index contributed by atoms with van der Waals surface area (Å²) in [5.41, 5.74) is -4.23. The fraction of sp³-hybridized carbons (Fsp3) is 0.846. The lowest BCUT2D eigenvalue weighted by molar-refractivity contribution is -0.271. The summed E-state index contributed by atoms with van der Waals surface area (Å²) in [6.45, 7) is 6.49. The molecule has 0 saturated heterocycles. The number of rotatable bonds is 6. The van der Waals surface area contributed by atoms with E-state index in [1.165, 1.54) is 13.8 Å². The highest BCUT2D eigenvalue weighted by atomic mass is 16.6. The molecule has 0 spiro atoms. The Morgan fingerprint density at radius 3 is 2.20 bits per heavy atom. The fourth-order valence-electron chi connectivity index (χ4n) is 8.55. The smallest absolute Gasteiger partial charge is 0.303 e. The van der Waals surface area contributed by atoms with Crippen molar-refractivity contribution in [3.05, 3.63) is 0 Å². The van der Waals surface area contributed by atoms with Gasteiger partial charge in [-0.1, -0.05) is 13.8 Å². The topological polar surface area (TPSA) is 136 Å². The zero-order valence-electron chi connectivity index (χ0n) is 21.1. The lowest BCUT2D eigenvalue weighted by atomic mass is 9.42. The maximum absolute atomic E-state index is 13.0. The first-order valence-electron chi connectivity index (χ1n) is 12.7. The average Bonchev–Trinajstić information content (AvgIpc) is 3.05. The van der Waals surface area contributed by atoms with Crippen molar-refractivity contribution in [1.29, 1.82) is 0 Å². The quantitative estimate of drug-likeness (QED) is 0.323. The van der Waals surface area contributed by atoms with Crippen molar-refractivity contribution in [2.24, 2.45) is 28.6 Å². The number of carbonyl (C=O) groups is 4. The monoisotopic (exact) mass is 494 g/mol. The standard InChI is InChI=1S/C26H38O9/c1-15(28)33-13-21(30)25(31)10-7-20-18-11-22(34-14-27)26(32)12-17(35-16(2)29)5-8-24(26,4)19(18)6-9-23(20,25)3/h14,17-20,22,31-32H,5-13H2,1-4H3/t17-,18+,19-,20+,22-,23-,24+,25-,26-/m0/s1. The van der Waals surface area contributed by atoms with Crippen LogP contribution in [0.3, 0.4) is 0 Å². The molecule has 0 aromatic rings. The van der Waals surface area contributed by atoms with Gasteiger partial charge >= 0.3 is 11.9 Å². The molecule has 4 fully saturated rings. The van der Waals surface area contributed by atoms with Crippen molar-refractivity contribution in [3.8, 4) is 0 Å². The molecule has 4 saturated carbocycles. The first kappa shape index (κ1) is 26.1. The molecular formula is C26H38O9. The first-order chi connectivity index (χ1) is 16.3. The zero-order valence-corrected chi connectivity index (χ0v) is 21.1. The Morgan fingerprint density at radius 2 is 1.57 bits per heavy atom. The highest BCUT2D eigenvalue weighted by molar-refractivity contribution is 5.90. The number of ether oxygens (including phenoxy) is 3. The van der Waals surface area contributed by atoms with Crippen molar-refractivity contribution in [1.82, 2.24) is 0 Å². The molecule has 0 aromatic heterocycles. The van der Waals surface area contributed by atoms with Crippen LogP contribution >= 0.6 is 0 Å². The summed E-state index contributed by atoms with van der Waals surface area (Å²) >= 11 is 0. The molecule has 35 heavy (non-hydrogen) atoms. The largest absolute Gasteiger partial charge is 0.462 e. The summed E-state index contributed by atoms with van der Waals surface area (Å²) in [5, 5.41) is 23.7. The van der Waals surface area contributed by atoms with E-state index >= 15 is 0 Å². The number of hydrogen-bond acceptors (Lipinski definition) is 9. The normalized spacial score (nSPS) is 46.4. The number of esters is 2. The van der Waals surface area contributed by atoms with Gasteiger partial charge in [-0.2, -0.15) is 0 Å². The van der Waals surface area contributed by atoms with Gasteiger partial charge in [0, 0.05) is 31.1 Å². The first-order valence-corrected chi connectivity index (χ1v) is 12.7. The SMILES string of the molecule is CC(=O)OCC(=O)[C@@]1(O)CC[C@@H]2[C@@H]3C[C@H](OC=O)[C@@]4(O)C[C@@H](OC(C)=O)CC[C@]4(C)[C@H]3CC[C@@]21C. The minimum atomic E-state index is -1.60. The molecule has 0 heterocycles. The zero-order chi connectivity index (χ0) is 25.8. The van der Waals surface area contributed by atoms with Crippen LogP contribution in [0, 0.1) is 28.6 Å². The van der Waals surface area contributed by atoms with Crippen molar-refractivity contribution < 1.29 is 43.6 Å². The van der Waals surface area contributed by atoms with Crippen molar-refractivity contribution >= 4 is 24.2 Å². The number of aliphatic hydroxyl groups is 2. The van der Waals surface area contributed by atoms with Gasteiger partial charge in [0.1, 0.15) is 23.4 Å². The minimum absolute atomic E-state index is 0.0159. The molecular weight excluding hydrogens is 456 g/mol. The summed E-state index contributed by atoms with van der Waals surface area (Å²) in [7, 11) is 0. The van der Waals surface area contributed by atoms with Crippen LogP contribution < -0.4 is 0 Å². The summed E-state index contributed by atoms with van der Waals surface area (Å²) in [6, 6.07) is 0. The summed E-state index contributed by atoms with van der Waals surface area (Å²) in [6.07, 6.45) is 2.83. The number of fused-ring (bicyclic) bond motifs is 5. The summed E-state index contributed by atoms with van der Waals surface area (Å²) in [5.74, 6) is -1.33. The Bertz CT molecular complexity index is 903. The third-order valence-electron chi connectivity index (χ3n) is 10.4. The van der Waals surface area contributed by atoms with Gasteiger partial charge in [0.25, 0.3) is 6.47 Å². The molecule has 2 N–H and O–H groups in total. The molecule has 0 aliphatic heterocycles. The van der Waals surface area contributed by atoms with Crippen LogP contribution in [0.15, 0.2) is 0 Å². The third kappa shape index (κ3) is 3.80. The highest BCUT2D eigenvalue weighted by Crippen LogP contribution is 2.69. The number of hydrogen-bond donors (Lipinski definition) is 2. The van der Waals surface area contributed by atoms with Gasteiger partial charge in [-0.05, 0) is 62.7 Å². The van der Waals surface area contributed by atoms with Crippen LogP contribution in [0.4, 0.5) is 0 Å². The maximum atomic E-state index is 13.0. The highest BCUT2D eigenvalue weighted by Gasteiger charge is 2.71. The molecule has 9 atom stereocenters. The molecule has 0 amide bonds. The van der Waals surface area contributed by atoms with E-state index in [1.54, 1.807) is 0 Å². The van der Waals surface area contributed by atoms with Crippen molar-refractivity contribution in [3.63, 3.8) is 0 Å².